The standard InChI is InChI=1S/C18H22N4O2/c1-11-7-5-8-12(2)15(11)19-17(23)21-22-18(24)20-16-13(3)9-6-10-14(16)4/h5-10H,1-4H3,(H2,19,21,23)(H2,20,22,24). The van der Waals surface area contributed by atoms with Crippen LogP contribution in [0.15, 0.2) is 36.4 Å². The number of hydrogen-bond acceptors (Lipinski definition) is 2. The molecule has 2 rings (SSSR count). The molecular weight excluding hydrogens is 304 g/mol. The number of rotatable bonds is 2. The van der Waals surface area contributed by atoms with E-state index in [-0.39, 0.29) is 0 Å². The minimum Gasteiger partial charge on any atom is -0.306 e. The van der Waals surface area contributed by atoms with Crippen molar-refractivity contribution in [2.75, 3.05) is 10.6 Å². The first-order chi connectivity index (χ1) is 11.4. The minimum absolute atomic E-state index is 0.510. The maximum Gasteiger partial charge on any atom is 0.337 e. The van der Waals surface area contributed by atoms with Gasteiger partial charge in [-0.1, -0.05) is 36.4 Å². The summed E-state index contributed by atoms with van der Waals surface area (Å²) in [5.74, 6) is 0. The average molecular weight is 326 g/mol. The van der Waals surface area contributed by atoms with E-state index in [2.05, 4.69) is 21.5 Å². The van der Waals surface area contributed by atoms with E-state index in [9.17, 15) is 9.59 Å². The highest BCUT2D eigenvalue weighted by atomic mass is 16.2. The fourth-order valence-electron chi connectivity index (χ4n) is 2.43. The highest BCUT2D eigenvalue weighted by Crippen LogP contribution is 2.20. The third-order valence-corrected chi connectivity index (χ3v) is 3.73. The molecule has 0 fully saturated rings. The van der Waals surface area contributed by atoms with E-state index < -0.39 is 12.1 Å². The van der Waals surface area contributed by atoms with Crippen molar-refractivity contribution < 1.29 is 9.59 Å². The molecule has 0 aliphatic heterocycles. The fourth-order valence-corrected chi connectivity index (χ4v) is 2.43. The van der Waals surface area contributed by atoms with Crippen LogP contribution in [0.3, 0.4) is 0 Å². The maximum atomic E-state index is 11.9. The number of hydrogen-bond donors (Lipinski definition) is 4. The van der Waals surface area contributed by atoms with Gasteiger partial charge in [-0.05, 0) is 49.9 Å². The van der Waals surface area contributed by atoms with E-state index in [0.29, 0.717) is 0 Å². The molecule has 6 heteroatoms. The summed E-state index contributed by atoms with van der Waals surface area (Å²) < 4.78 is 0. The molecule has 0 aliphatic carbocycles. The third-order valence-electron chi connectivity index (χ3n) is 3.73. The van der Waals surface area contributed by atoms with E-state index in [1.54, 1.807) is 0 Å². The lowest BCUT2D eigenvalue weighted by Crippen LogP contribution is -2.46. The van der Waals surface area contributed by atoms with Gasteiger partial charge in [0.1, 0.15) is 0 Å². The van der Waals surface area contributed by atoms with E-state index in [1.165, 1.54) is 0 Å². The zero-order valence-corrected chi connectivity index (χ0v) is 14.3. The van der Waals surface area contributed by atoms with Gasteiger partial charge in [-0.15, -0.1) is 0 Å². The lowest BCUT2D eigenvalue weighted by Gasteiger charge is -2.14. The van der Waals surface area contributed by atoms with Crippen molar-refractivity contribution in [3.8, 4) is 0 Å². The van der Waals surface area contributed by atoms with E-state index >= 15 is 0 Å². The van der Waals surface area contributed by atoms with Crippen LogP contribution in [0.5, 0.6) is 0 Å². The van der Waals surface area contributed by atoms with Crippen LogP contribution >= 0.6 is 0 Å². The van der Waals surface area contributed by atoms with Crippen LogP contribution in [0.1, 0.15) is 22.3 Å². The van der Waals surface area contributed by atoms with Crippen molar-refractivity contribution in [3.05, 3.63) is 58.7 Å². The van der Waals surface area contributed by atoms with Crippen LogP contribution in [0.25, 0.3) is 0 Å². The van der Waals surface area contributed by atoms with Crippen LogP contribution < -0.4 is 21.5 Å². The minimum atomic E-state index is -0.510. The number of hydrazine groups is 1. The third kappa shape index (κ3) is 4.25. The van der Waals surface area contributed by atoms with Gasteiger partial charge in [-0.2, -0.15) is 0 Å². The molecule has 0 spiro atoms. The van der Waals surface area contributed by atoms with Crippen molar-refractivity contribution in [1.82, 2.24) is 10.9 Å². The number of para-hydroxylation sites is 2. The quantitative estimate of drug-likeness (QED) is 0.633. The van der Waals surface area contributed by atoms with Gasteiger partial charge in [0, 0.05) is 11.4 Å². The summed E-state index contributed by atoms with van der Waals surface area (Å²) in [6.45, 7) is 7.63. The highest BCUT2D eigenvalue weighted by molar-refractivity contribution is 5.95. The summed E-state index contributed by atoms with van der Waals surface area (Å²) in [5, 5.41) is 5.46. The second kappa shape index (κ2) is 7.50. The van der Waals surface area contributed by atoms with Crippen LogP contribution in [-0.4, -0.2) is 12.1 Å². The normalized spacial score (nSPS) is 10.0. The van der Waals surface area contributed by atoms with Gasteiger partial charge >= 0.3 is 12.1 Å². The Morgan fingerprint density at radius 3 is 1.21 bits per heavy atom. The summed E-state index contributed by atoms with van der Waals surface area (Å²) >= 11 is 0. The molecular formula is C18H22N4O2. The SMILES string of the molecule is Cc1cccc(C)c1NC(=O)NNC(=O)Nc1c(C)cccc1C. The molecule has 0 unspecified atom stereocenters. The molecule has 0 saturated heterocycles. The number of urea groups is 2. The van der Waals surface area contributed by atoms with Gasteiger partial charge in [0.2, 0.25) is 0 Å². The number of amides is 4. The second-order valence-corrected chi connectivity index (χ2v) is 5.69. The van der Waals surface area contributed by atoms with E-state index in [4.69, 9.17) is 0 Å². The first-order valence-electron chi connectivity index (χ1n) is 7.65. The largest absolute Gasteiger partial charge is 0.337 e. The molecule has 0 atom stereocenters. The van der Waals surface area contributed by atoms with Gasteiger partial charge in [0.25, 0.3) is 0 Å². The van der Waals surface area contributed by atoms with Crippen molar-refractivity contribution >= 4 is 23.4 Å². The molecule has 24 heavy (non-hydrogen) atoms. The molecule has 4 amide bonds. The predicted molar refractivity (Wildman–Crippen MR) is 96.1 cm³/mol. The number of benzene rings is 2. The van der Waals surface area contributed by atoms with Gasteiger partial charge in [0.05, 0.1) is 0 Å². The lowest BCUT2D eigenvalue weighted by molar-refractivity contribution is 0.237. The van der Waals surface area contributed by atoms with Gasteiger partial charge in [-0.3, -0.25) is 0 Å². The maximum absolute atomic E-state index is 11.9. The van der Waals surface area contributed by atoms with Gasteiger partial charge in [-0.25, -0.2) is 20.4 Å². The molecule has 0 aliphatic rings. The Kier molecular flexibility index (Phi) is 5.42. The second-order valence-electron chi connectivity index (χ2n) is 5.69. The van der Waals surface area contributed by atoms with Crippen molar-refractivity contribution in [2.45, 2.75) is 27.7 Å². The molecule has 0 aromatic heterocycles. The van der Waals surface area contributed by atoms with Crippen LogP contribution in [0.2, 0.25) is 0 Å². The van der Waals surface area contributed by atoms with Gasteiger partial charge in [0.15, 0.2) is 0 Å². The summed E-state index contributed by atoms with van der Waals surface area (Å²) in [6.07, 6.45) is 0. The Bertz CT molecular complexity index is 666. The molecule has 0 saturated carbocycles. The molecule has 2 aromatic carbocycles. The van der Waals surface area contributed by atoms with Crippen molar-refractivity contribution in [1.29, 1.82) is 0 Å². The Hall–Kier alpha value is -3.02. The molecule has 6 nitrogen and oxygen atoms in total. The zero-order valence-electron chi connectivity index (χ0n) is 14.3. The predicted octanol–water partition coefficient (Wildman–Crippen LogP) is 3.78. The Morgan fingerprint density at radius 2 is 0.917 bits per heavy atom. The number of nitrogens with one attached hydrogen (secondary N) is 4. The zero-order chi connectivity index (χ0) is 17.7. The van der Waals surface area contributed by atoms with Gasteiger partial charge < -0.3 is 10.6 Å². The number of anilines is 2. The molecule has 0 radical (unpaired) electrons. The summed E-state index contributed by atoms with van der Waals surface area (Å²) in [6, 6.07) is 10.4. The van der Waals surface area contributed by atoms with Crippen molar-refractivity contribution in [2.24, 2.45) is 0 Å². The molecule has 0 bridgehead atoms. The summed E-state index contributed by atoms with van der Waals surface area (Å²) in [5.41, 5.74) is 9.92. The number of carbonyl (C=O) groups excluding carboxylic acids is 2. The molecule has 4 N–H and O–H groups in total. The lowest BCUT2D eigenvalue weighted by atomic mass is 10.1. The topological polar surface area (TPSA) is 82.3 Å². The average Bonchev–Trinajstić information content (AvgIpc) is 2.53. The first kappa shape index (κ1) is 17.3. The smallest absolute Gasteiger partial charge is 0.306 e. The number of carbonyl (C=O) groups is 2. The fraction of sp³-hybridized carbons (Fsp3) is 0.222. The molecule has 126 valence electrons. The molecule has 2 aromatic rings. The van der Waals surface area contributed by atoms with Crippen molar-refractivity contribution in [3.63, 3.8) is 0 Å². The summed E-state index contributed by atoms with van der Waals surface area (Å²) in [7, 11) is 0. The van der Waals surface area contributed by atoms with E-state index in [1.807, 2.05) is 64.1 Å². The first-order valence-corrected chi connectivity index (χ1v) is 7.65. The summed E-state index contributed by atoms with van der Waals surface area (Å²) in [4.78, 5) is 23.9. The highest BCUT2D eigenvalue weighted by Gasteiger charge is 2.10. The van der Waals surface area contributed by atoms with Crippen LogP contribution in [0, 0.1) is 27.7 Å². The van der Waals surface area contributed by atoms with Crippen LogP contribution in [0.4, 0.5) is 21.0 Å². The van der Waals surface area contributed by atoms with Crippen LogP contribution in [-0.2, 0) is 0 Å². The Balaban J connectivity index is 1.91. The Morgan fingerprint density at radius 1 is 0.625 bits per heavy atom. The Labute approximate surface area is 141 Å². The monoisotopic (exact) mass is 326 g/mol. The molecule has 0 heterocycles. The van der Waals surface area contributed by atoms with E-state index in [0.717, 1.165) is 33.6 Å². The number of aryl methyl sites for hydroxylation is 4.